The number of aromatic nitrogens is 1. The van der Waals surface area contributed by atoms with Crippen molar-refractivity contribution in [1.29, 1.82) is 0 Å². The number of carbonyl (C=O) groups excluding carboxylic acids is 1. The molecule has 0 bridgehead atoms. The highest BCUT2D eigenvalue weighted by Crippen LogP contribution is 2.38. The Hall–Kier alpha value is -2.81. The Morgan fingerprint density at radius 3 is 2.86 bits per heavy atom. The first kappa shape index (κ1) is 20.9. The molecule has 1 aromatic carbocycles. The minimum Gasteiger partial charge on any atom is -0.462 e. The van der Waals surface area contributed by atoms with Crippen LogP contribution in [0.25, 0.3) is 0 Å². The van der Waals surface area contributed by atoms with E-state index in [1.54, 1.807) is 13.0 Å². The second-order valence-corrected chi connectivity index (χ2v) is 7.12. The number of benzene rings is 1. The standard InChI is InChI=1S/C19H18ClF3N4O2/c1-9-4-13(26-17(28)14-3-2-12(20)8-25-14)6-11(16(9)21)5-10-7-15(10)29-19(24)27-18(22)23/h2-4,6,8,10,15,18H,5,7H2,1H3,(H2,24,27)(H,26,28)/t10-,15+/m0/s1. The number of nitrogens with one attached hydrogen (secondary N) is 1. The fraction of sp³-hybridized carbons (Fsp3) is 0.316. The van der Waals surface area contributed by atoms with Crippen molar-refractivity contribution in [2.45, 2.75) is 32.4 Å². The zero-order valence-electron chi connectivity index (χ0n) is 15.3. The highest BCUT2D eigenvalue weighted by molar-refractivity contribution is 6.30. The van der Waals surface area contributed by atoms with E-state index in [1.165, 1.54) is 24.4 Å². The van der Waals surface area contributed by atoms with Crippen LogP contribution in [0.3, 0.4) is 0 Å². The van der Waals surface area contributed by atoms with Crippen molar-refractivity contribution in [3.63, 3.8) is 0 Å². The summed E-state index contributed by atoms with van der Waals surface area (Å²) in [5.74, 6) is -0.936. The summed E-state index contributed by atoms with van der Waals surface area (Å²) in [6.45, 7) is -1.36. The maximum atomic E-state index is 14.5. The van der Waals surface area contributed by atoms with Crippen molar-refractivity contribution in [2.75, 3.05) is 5.32 Å². The summed E-state index contributed by atoms with van der Waals surface area (Å²) in [7, 11) is 0. The molecule has 0 aliphatic heterocycles. The molecule has 1 amide bonds. The van der Waals surface area contributed by atoms with E-state index in [9.17, 15) is 18.0 Å². The Balaban J connectivity index is 1.67. The van der Waals surface area contributed by atoms with Crippen LogP contribution in [0, 0.1) is 18.7 Å². The molecule has 0 spiro atoms. The average Bonchev–Trinajstić information content (AvgIpc) is 3.36. The van der Waals surface area contributed by atoms with Crippen molar-refractivity contribution in [3.8, 4) is 0 Å². The predicted octanol–water partition coefficient (Wildman–Crippen LogP) is 3.92. The number of amidine groups is 1. The van der Waals surface area contributed by atoms with Gasteiger partial charge in [-0.15, -0.1) is 0 Å². The first-order valence-corrected chi connectivity index (χ1v) is 9.10. The summed E-state index contributed by atoms with van der Waals surface area (Å²) in [6, 6.07) is 5.48. The second kappa shape index (κ2) is 8.69. The molecule has 2 aromatic rings. The normalized spacial score (nSPS) is 18.6. The summed E-state index contributed by atoms with van der Waals surface area (Å²) in [6.07, 6.45) is 1.81. The zero-order chi connectivity index (χ0) is 21.1. The number of anilines is 1. The molecule has 1 saturated carbocycles. The topological polar surface area (TPSA) is 89.6 Å². The van der Waals surface area contributed by atoms with Crippen LogP contribution in [0.15, 0.2) is 35.5 Å². The number of nitrogens with zero attached hydrogens (tertiary/aromatic N) is 2. The van der Waals surface area contributed by atoms with Gasteiger partial charge in [0.05, 0.1) is 5.02 Å². The fourth-order valence-corrected chi connectivity index (χ4v) is 3.02. The van der Waals surface area contributed by atoms with Crippen molar-refractivity contribution in [2.24, 2.45) is 16.6 Å². The Morgan fingerprint density at radius 2 is 2.21 bits per heavy atom. The number of hydrogen-bond acceptors (Lipinski definition) is 4. The summed E-state index contributed by atoms with van der Waals surface area (Å²) < 4.78 is 43.9. The van der Waals surface area contributed by atoms with Gasteiger partial charge in [-0.25, -0.2) is 9.37 Å². The summed E-state index contributed by atoms with van der Waals surface area (Å²) >= 11 is 5.76. The molecule has 3 rings (SSSR count). The first-order valence-electron chi connectivity index (χ1n) is 8.73. The van der Waals surface area contributed by atoms with Gasteiger partial charge in [0.1, 0.15) is 17.6 Å². The van der Waals surface area contributed by atoms with Crippen LogP contribution in [0.4, 0.5) is 18.9 Å². The molecule has 10 heteroatoms. The van der Waals surface area contributed by atoms with E-state index in [1.807, 2.05) is 0 Å². The lowest BCUT2D eigenvalue weighted by molar-refractivity contribution is 0.102. The van der Waals surface area contributed by atoms with E-state index in [0.29, 0.717) is 34.7 Å². The van der Waals surface area contributed by atoms with Crippen LogP contribution in [0.5, 0.6) is 0 Å². The Labute approximate surface area is 169 Å². The maximum Gasteiger partial charge on any atom is 0.336 e. The lowest BCUT2D eigenvalue weighted by atomic mass is 10.0. The molecule has 0 radical (unpaired) electrons. The molecule has 1 fully saturated rings. The van der Waals surface area contributed by atoms with Gasteiger partial charge in [0.25, 0.3) is 11.9 Å². The maximum absolute atomic E-state index is 14.5. The number of aryl methyl sites for hydroxylation is 1. The second-order valence-electron chi connectivity index (χ2n) is 6.68. The van der Waals surface area contributed by atoms with Crippen molar-refractivity contribution >= 4 is 29.2 Å². The summed E-state index contributed by atoms with van der Waals surface area (Å²) in [4.78, 5) is 19.1. The van der Waals surface area contributed by atoms with Crippen LogP contribution < -0.4 is 11.1 Å². The third kappa shape index (κ3) is 5.60. The van der Waals surface area contributed by atoms with Gasteiger partial charge in [-0.2, -0.15) is 13.8 Å². The monoisotopic (exact) mass is 426 g/mol. The van der Waals surface area contributed by atoms with Gasteiger partial charge in [0.2, 0.25) is 0 Å². The zero-order valence-corrected chi connectivity index (χ0v) is 16.1. The number of amides is 1. The largest absolute Gasteiger partial charge is 0.462 e. The van der Waals surface area contributed by atoms with Gasteiger partial charge in [0.15, 0.2) is 0 Å². The van der Waals surface area contributed by atoms with E-state index >= 15 is 0 Å². The molecule has 1 aromatic heterocycles. The molecule has 1 aliphatic rings. The number of nitrogens with two attached hydrogens (primary N) is 1. The van der Waals surface area contributed by atoms with Crippen LogP contribution in [-0.4, -0.2) is 29.6 Å². The highest BCUT2D eigenvalue weighted by atomic mass is 35.5. The molecular formula is C19H18ClF3N4O2. The van der Waals surface area contributed by atoms with Gasteiger partial charge >= 0.3 is 6.55 Å². The number of hydrogen-bond donors (Lipinski definition) is 2. The number of alkyl halides is 2. The molecular weight excluding hydrogens is 409 g/mol. The number of aliphatic imine (C=N–C) groups is 1. The minimum absolute atomic E-state index is 0.0841. The predicted molar refractivity (Wildman–Crippen MR) is 103 cm³/mol. The van der Waals surface area contributed by atoms with E-state index in [2.05, 4.69) is 15.3 Å². The van der Waals surface area contributed by atoms with Crippen LogP contribution >= 0.6 is 11.6 Å². The average molecular weight is 427 g/mol. The Kier molecular flexibility index (Phi) is 6.26. The highest BCUT2D eigenvalue weighted by Gasteiger charge is 2.40. The Bertz CT molecular complexity index is 938. The third-order valence-electron chi connectivity index (χ3n) is 4.38. The molecule has 1 heterocycles. The quantitative estimate of drug-likeness (QED) is 0.416. The van der Waals surface area contributed by atoms with Crippen molar-refractivity contribution in [3.05, 3.63) is 58.1 Å². The molecule has 6 nitrogen and oxygen atoms in total. The first-order chi connectivity index (χ1) is 13.7. The van der Waals surface area contributed by atoms with E-state index in [-0.39, 0.29) is 11.6 Å². The van der Waals surface area contributed by atoms with Crippen LogP contribution in [0.2, 0.25) is 5.02 Å². The fourth-order valence-electron chi connectivity index (χ4n) is 2.91. The van der Waals surface area contributed by atoms with E-state index < -0.39 is 30.4 Å². The van der Waals surface area contributed by atoms with E-state index in [0.717, 1.165) is 0 Å². The molecule has 3 N–H and O–H groups in total. The van der Waals surface area contributed by atoms with Gasteiger partial charge in [-0.3, -0.25) is 4.79 Å². The molecule has 1 aliphatic carbocycles. The molecule has 0 unspecified atom stereocenters. The summed E-state index contributed by atoms with van der Waals surface area (Å²) in [5, 5.41) is 3.08. The van der Waals surface area contributed by atoms with Gasteiger partial charge < -0.3 is 15.8 Å². The van der Waals surface area contributed by atoms with Crippen LogP contribution in [0.1, 0.15) is 28.0 Å². The SMILES string of the molecule is Cc1cc(NC(=O)c2ccc(Cl)cn2)cc(C[C@H]2C[C@H]2O/C(N)=N\C(F)F)c1F. The van der Waals surface area contributed by atoms with Gasteiger partial charge in [0, 0.05) is 17.8 Å². The number of halogens is 4. The van der Waals surface area contributed by atoms with E-state index in [4.69, 9.17) is 22.1 Å². The minimum atomic E-state index is -2.94. The lowest BCUT2D eigenvalue weighted by Crippen LogP contribution is -2.20. The molecule has 2 atom stereocenters. The van der Waals surface area contributed by atoms with Crippen LogP contribution in [-0.2, 0) is 11.2 Å². The lowest BCUT2D eigenvalue weighted by Gasteiger charge is -2.11. The Morgan fingerprint density at radius 1 is 1.45 bits per heavy atom. The number of carbonyl (C=O) groups is 1. The number of rotatable bonds is 6. The van der Waals surface area contributed by atoms with Gasteiger partial charge in [-0.05, 0) is 55.2 Å². The number of ether oxygens (including phenoxy) is 1. The summed E-state index contributed by atoms with van der Waals surface area (Å²) in [5.41, 5.74) is 6.60. The van der Waals surface area contributed by atoms with Gasteiger partial charge in [-0.1, -0.05) is 11.6 Å². The third-order valence-corrected chi connectivity index (χ3v) is 4.61. The number of pyridine rings is 1. The molecule has 29 heavy (non-hydrogen) atoms. The molecule has 0 saturated heterocycles. The van der Waals surface area contributed by atoms with Crippen molar-refractivity contribution < 1.29 is 22.7 Å². The molecule has 154 valence electrons. The smallest absolute Gasteiger partial charge is 0.336 e. The van der Waals surface area contributed by atoms with Crippen molar-refractivity contribution in [1.82, 2.24) is 4.98 Å².